The van der Waals surface area contributed by atoms with Crippen molar-refractivity contribution in [2.75, 3.05) is 0 Å². The number of carboxylic acids is 1. The van der Waals surface area contributed by atoms with Crippen molar-refractivity contribution in [1.82, 2.24) is 0 Å². The Balaban J connectivity index is 0.00000196. The Morgan fingerprint density at radius 1 is 1.27 bits per heavy atom. The summed E-state index contributed by atoms with van der Waals surface area (Å²) in [5.41, 5.74) is -0.187. The monoisotopic (exact) mass is 221 g/mol. The molecule has 0 saturated carbocycles. The first-order valence-electron chi connectivity index (χ1n) is 4.41. The van der Waals surface area contributed by atoms with Crippen LogP contribution in [0.1, 0.15) is 31.1 Å². The number of benzene rings is 1. The van der Waals surface area contributed by atoms with Crippen molar-refractivity contribution in [2.24, 2.45) is 0 Å². The molecule has 0 fully saturated rings. The second-order valence-electron chi connectivity index (χ2n) is 4.02. The summed E-state index contributed by atoms with van der Waals surface area (Å²) < 4.78 is 5.51. The van der Waals surface area contributed by atoms with Gasteiger partial charge in [0.05, 0.1) is 0 Å². The molecule has 0 aliphatic rings. The van der Waals surface area contributed by atoms with Gasteiger partial charge < -0.3 is 9.84 Å². The molecule has 0 bridgehead atoms. The fourth-order valence-electron chi connectivity index (χ4n) is 1.06. The van der Waals surface area contributed by atoms with Gasteiger partial charge in [-0.25, -0.2) is 4.79 Å². The van der Waals surface area contributed by atoms with Gasteiger partial charge >= 0.3 is 5.97 Å². The minimum Gasteiger partial charge on any atom is -0.487 e. The lowest BCUT2D eigenvalue weighted by molar-refractivity contribution is 0.0681. The van der Waals surface area contributed by atoms with E-state index in [4.69, 9.17) is 9.84 Å². The number of carbonyl (C=O) groups is 1. The average Bonchev–Trinajstić information content (AvgIpc) is 2.01. The second-order valence-corrected chi connectivity index (χ2v) is 4.02. The first-order chi connectivity index (χ1) is 6.40. The highest BCUT2D eigenvalue weighted by molar-refractivity contribution is 5.90. The van der Waals surface area contributed by atoms with Gasteiger partial charge in [0.1, 0.15) is 16.9 Å². The van der Waals surface area contributed by atoms with Crippen molar-refractivity contribution >= 4 is 23.3 Å². The van der Waals surface area contributed by atoms with Gasteiger partial charge in [-0.05, 0) is 32.9 Å². The van der Waals surface area contributed by atoms with Crippen LogP contribution in [-0.4, -0.2) is 34.0 Å². The van der Waals surface area contributed by atoms with Crippen molar-refractivity contribution in [3.8, 4) is 5.75 Å². The number of hydrogen-bond acceptors (Lipinski definition) is 2. The third kappa shape index (κ3) is 4.37. The molecular weight excluding hydrogens is 207 g/mol. The minimum atomic E-state index is -0.968. The zero-order valence-electron chi connectivity index (χ0n) is 9.15. The smallest absolute Gasteiger partial charge is 0.339 e. The molecule has 0 aromatic heterocycles. The van der Waals surface area contributed by atoms with Crippen LogP contribution in [0.25, 0.3) is 0 Å². The molecule has 3 radical (unpaired) electrons. The Kier molecular flexibility index (Phi) is 4.86. The van der Waals surface area contributed by atoms with Crippen LogP contribution in [0.3, 0.4) is 0 Å². The van der Waals surface area contributed by atoms with Crippen LogP contribution in [0, 0.1) is 0 Å². The highest BCUT2D eigenvalue weighted by Crippen LogP contribution is 2.22. The molecular formula is C11H14AlO3. The molecule has 1 aromatic carbocycles. The molecule has 4 heteroatoms. The summed E-state index contributed by atoms with van der Waals surface area (Å²) in [6, 6.07) is 6.63. The average molecular weight is 221 g/mol. The van der Waals surface area contributed by atoms with Crippen molar-refractivity contribution in [2.45, 2.75) is 26.4 Å². The summed E-state index contributed by atoms with van der Waals surface area (Å²) >= 11 is 0. The van der Waals surface area contributed by atoms with E-state index in [2.05, 4.69) is 0 Å². The third-order valence-corrected chi connectivity index (χ3v) is 1.53. The SMILES string of the molecule is CC(C)(C)Oc1ccccc1C(=O)O.[Al]. The number of rotatable bonds is 2. The van der Waals surface area contributed by atoms with E-state index in [0.717, 1.165) is 0 Å². The number of ether oxygens (including phenoxy) is 1. The highest BCUT2D eigenvalue weighted by atomic mass is 27.0. The number of carboxylic acid groups (broad SMARTS) is 1. The minimum absolute atomic E-state index is 0. The van der Waals surface area contributed by atoms with E-state index in [1.54, 1.807) is 18.2 Å². The van der Waals surface area contributed by atoms with E-state index in [1.165, 1.54) is 6.07 Å². The van der Waals surface area contributed by atoms with Gasteiger partial charge in [0.15, 0.2) is 0 Å². The van der Waals surface area contributed by atoms with Crippen LogP contribution in [0.15, 0.2) is 24.3 Å². The summed E-state index contributed by atoms with van der Waals surface area (Å²) in [5.74, 6) is -0.558. The topological polar surface area (TPSA) is 46.5 Å². The standard InChI is InChI=1S/C11H14O3.Al/c1-11(2,3)14-9-7-5-4-6-8(9)10(12)13;/h4-7H,1-3H3,(H,12,13);. The summed E-state index contributed by atoms with van der Waals surface area (Å²) in [6.07, 6.45) is 0. The van der Waals surface area contributed by atoms with Gasteiger partial charge in [-0.2, -0.15) is 0 Å². The van der Waals surface area contributed by atoms with Crippen LogP contribution in [0.4, 0.5) is 0 Å². The maximum absolute atomic E-state index is 10.8. The Bertz CT molecular complexity index is 342. The number of hydrogen-bond donors (Lipinski definition) is 1. The number of para-hydroxylation sites is 1. The normalized spacial score (nSPS) is 10.3. The molecule has 0 aliphatic heterocycles. The van der Waals surface area contributed by atoms with Gasteiger partial charge in [0.2, 0.25) is 0 Å². The van der Waals surface area contributed by atoms with Crippen molar-refractivity contribution in [3.05, 3.63) is 29.8 Å². The maximum Gasteiger partial charge on any atom is 0.339 e. The molecule has 0 heterocycles. The number of aromatic carboxylic acids is 1. The Morgan fingerprint density at radius 2 is 1.80 bits per heavy atom. The first kappa shape index (κ1) is 14.0. The van der Waals surface area contributed by atoms with E-state index >= 15 is 0 Å². The van der Waals surface area contributed by atoms with E-state index in [-0.39, 0.29) is 28.5 Å². The van der Waals surface area contributed by atoms with E-state index in [9.17, 15) is 4.79 Å². The molecule has 0 amide bonds. The van der Waals surface area contributed by atoms with Crippen molar-refractivity contribution in [1.29, 1.82) is 0 Å². The molecule has 1 N–H and O–H groups in total. The maximum atomic E-state index is 10.8. The first-order valence-corrected chi connectivity index (χ1v) is 4.41. The second kappa shape index (κ2) is 5.20. The molecule has 15 heavy (non-hydrogen) atoms. The van der Waals surface area contributed by atoms with Gasteiger partial charge in [-0.3, -0.25) is 0 Å². The van der Waals surface area contributed by atoms with Gasteiger partial charge in [-0.1, -0.05) is 12.1 Å². The fourth-order valence-corrected chi connectivity index (χ4v) is 1.06. The zero-order valence-corrected chi connectivity index (χ0v) is 10.3. The molecule has 0 unspecified atom stereocenters. The van der Waals surface area contributed by atoms with Crippen LogP contribution >= 0.6 is 0 Å². The molecule has 1 aromatic rings. The molecule has 0 aliphatic carbocycles. The quantitative estimate of drug-likeness (QED) is 0.778. The molecule has 3 nitrogen and oxygen atoms in total. The van der Waals surface area contributed by atoms with E-state index in [1.807, 2.05) is 20.8 Å². The molecule has 79 valence electrons. The summed E-state index contributed by atoms with van der Waals surface area (Å²) in [5, 5.41) is 8.88. The van der Waals surface area contributed by atoms with Crippen LogP contribution < -0.4 is 4.74 Å². The predicted octanol–water partition coefficient (Wildman–Crippen LogP) is 2.18. The Morgan fingerprint density at radius 3 is 2.27 bits per heavy atom. The zero-order chi connectivity index (χ0) is 10.8. The lowest BCUT2D eigenvalue weighted by atomic mass is 10.1. The molecule has 0 atom stereocenters. The Hall–Kier alpha value is -0.978. The van der Waals surface area contributed by atoms with Crippen LogP contribution in [0.5, 0.6) is 5.75 Å². The van der Waals surface area contributed by atoms with E-state index < -0.39 is 5.97 Å². The van der Waals surface area contributed by atoms with Gasteiger partial charge in [-0.15, -0.1) is 0 Å². The van der Waals surface area contributed by atoms with Crippen LogP contribution in [-0.2, 0) is 0 Å². The van der Waals surface area contributed by atoms with Crippen LogP contribution in [0.2, 0.25) is 0 Å². The van der Waals surface area contributed by atoms with E-state index in [0.29, 0.717) is 5.75 Å². The largest absolute Gasteiger partial charge is 0.487 e. The summed E-state index contributed by atoms with van der Waals surface area (Å²) in [6.45, 7) is 5.64. The molecule has 1 rings (SSSR count). The summed E-state index contributed by atoms with van der Waals surface area (Å²) in [4.78, 5) is 10.8. The molecule has 0 saturated heterocycles. The predicted molar refractivity (Wildman–Crippen MR) is 59.5 cm³/mol. The lowest BCUT2D eigenvalue weighted by Crippen LogP contribution is -2.24. The van der Waals surface area contributed by atoms with Gasteiger partial charge in [0.25, 0.3) is 0 Å². The highest BCUT2D eigenvalue weighted by Gasteiger charge is 2.16. The lowest BCUT2D eigenvalue weighted by Gasteiger charge is -2.22. The van der Waals surface area contributed by atoms with Crippen molar-refractivity contribution < 1.29 is 14.6 Å². The van der Waals surface area contributed by atoms with Gasteiger partial charge in [0, 0.05) is 17.4 Å². The summed E-state index contributed by atoms with van der Waals surface area (Å²) in [7, 11) is 0. The fraction of sp³-hybridized carbons (Fsp3) is 0.364. The molecule has 0 spiro atoms. The Labute approximate surface area is 100 Å². The van der Waals surface area contributed by atoms with Crippen molar-refractivity contribution in [3.63, 3.8) is 0 Å². The third-order valence-electron chi connectivity index (χ3n) is 1.53.